The van der Waals surface area contributed by atoms with Crippen molar-refractivity contribution in [2.75, 3.05) is 13.7 Å². The molecule has 2 N–H and O–H groups in total. The van der Waals surface area contributed by atoms with Crippen molar-refractivity contribution < 1.29 is 19.4 Å². The van der Waals surface area contributed by atoms with E-state index in [0.717, 1.165) is 25.7 Å². The molecule has 1 amide bonds. The summed E-state index contributed by atoms with van der Waals surface area (Å²) in [6.45, 7) is 2.74. The molecule has 25 heavy (non-hydrogen) atoms. The van der Waals surface area contributed by atoms with Crippen LogP contribution in [0.1, 0.15) is 58.3 Å². The number of unbranched alkanes of at least 4 members (excludes halogenated alkanes) is 3. The lowest BCUT2D eigenvalue weighted by molar-refractivity contribution is -0.140. The number of hydrogen-bond donors (Lipinski definition) is 2. The number of aliphatic hydroxyl groups excluding tert-OH is 1. The highest BCUT2D eigenvalue weighted by molar-refractivity contribution is 5.81. The quantitative estimate of drug-likeness (QED) is 0.275. The van der Waals surface area contributed by atoms with Gasteiger partial charge < -0.3 is 15.2 Å². The standard InChI is InChI=1S/C20H31NO4/c1-3-4-7-10-17(22)14-13-16-15-21-20(24)18(16)11-8-5-6-9-12-19(23)25-2/h13-14,16-18,22H,3-4,6-7,9-12,15H2,1-2H3,(H,21,24)/t16-,17?,18+/m0/s1. The minimum absolute atomic E-state index is 0.0268. The first-order valence-corrected chi connectivity index (χ1v) is 9.25. The maximum absolute atomic E-state index is 12.0. The van der Waals surface area contributed by atoms with E-state index in [9.17, 15) is 14.7 Å². The van der Waals surface area contributed by atoms with Gasteiger partial charge in [0.05, 0.1) is 19.1 Å². The minimum Gasteiger partial charge on any atom is -0.469 e. The summed E-state index contributed by atoms with van der Waals surface area (Å²) in [6, 6.07) is 0. The lowest BCUT2D eigenvalue weighted by Crippen LogP contribution is -2.19. The van der Waals surface area contributed by atoms with E-state index in [1.165, 1.54) is 7.11 Å². The van der Waals surface area contributed by atoms with Gasteiger partial charge >= 0.3 is 5.97 Å². The summed E-state index contributed by atoms with van der Waals surface area (Å²) in [5.41, 5.74) is 0. The molecule has 1 rings (SSSR count). The second-order valence-electron chi connectivity index (χ2n) is 6.45. The number of rotatable bonds is 10. The van der Waals surface area contributed by atoms with Crippen molar-refractivity contribution in [3.63, 3.8) is 0 Å². The molecule has 1 fully saturated rings. The fourth-order valence-corrected chi connectivity index (χ4v) is 2.80. The normalized spacial score (nSPS) is 20.8. The molecule has 1 aliphatic rings. The summed E-state index contributed by atoms with van der Waals surface area (Å²) < 4.78 is 4.58. The lowest BCUT2D eigenvalue weighted by Gasteiger charge is -2.11. The van der Waals surface area contributed by atoms with E-state index in [1.54, 1.807) is 0 Å². The van der Waals surface area contributed by atoms with Gasteiger partial charge in [0, 0.05) is 31.7 Å². The monoisotopic (exact) mass is 349 g/mol. The Morgan fingerprint density at radius 3 is 2.92 bits per heavy atom. The zero-order valence-corrected chi connectivity index (χ0v) is 15.4. The average molecular weight is 349 g/mol. The summed E-state index contributed by atoms with van der Waals surface area (Å²) in [7, 11) is 1.38. The molecule has 0 radical (unpaired) electrons. The summed E-state index contributed by atoms with van der Waals surface area (Å²) in [5, 5.41) is 12.8. The van der Waals surface area contributed by atoms with Crippen LogP contribution in [0.3, 0.4) is 0 Å². The Kier molecular flexibility index (Phi) is 10.7. The molecule has 1 unspecified atom stereocenters. The van der Waals surface area contributed by atoms with Gasteiger partial charge in [0.2, 0.25) is 5.91 Å². The second kappa shape index (κ2) is 12.5. The largest absolute Gasteiger partial charge is 0.469 e. The maximum Gasteiger partial charge on any atom is 0.305 e. The van der Waals surface area contributed by atoms with Gasteiger partial charge in [0.25, 0.3) is 0 Å². The van der Waals surface area contributed by atoms with E-state index in [1.807, 2.05) is 12.2 Å². The second-order valence-corrected chi connectivity index (χ2v) is 6.45. The number of carbonyl (C=O) groups is 2. The SMILES string of the molecule is CCCCCC(O)C=C[C@H]1CNC(=O)[C@@H]1CC#CCCCC(=O)OC. The summed E-state index contributed by atoms with van der Waals surface area (Å²) in [4.78, 5) is 22.9. The van der Waals surface area contributed by atoms with Gasteiger partial charge in [-0.25, -0.2) is 0 Å². The van der Waals surface area contributed by atoms with Crippen LogP contribution >= 0.6 is 0 Å². The molecule has 0 aliphatic carbocycles. The molecule has 3 atom stereocenters. The first kappa shape index (κ1) is 21.2. The lowest BCUT2D eigenvalue weighted by atomic mass is 9.91. The van der Waals surface area contributed by atoms with E-state index in [4.69, 9.17) is 0 Å². The maximum atomic E-state index is 12.0. The van der Waals surface area contributed by atoms with Crippen molar-refractivity contribution in [3.8, 4) is 11.8 Å². The summed E-state index contributed by atoms with van der Waals surface area (Å²) in [5.74, 6) is 5.80. The van der Waals surface area contributed by atoms with Crippen molar-refractivity contribution in [1.29, 1.82) is 0 Å². The van der Waals surface area contributed by atoms with Crippen LogP contribution < -0.4 is 5.32 Å². The average Bonchev–Trinajstić information content (AvgIpc) is 2.96. The molecule has 140 valence electrons. The van der Waals surface area contributed by atoms with Gasteiger partial charge in [-0.05, 0) is 12.8 Å². The van der Waals surface area contributed by atoms with E-state index in [2.05, 4.69) is 28.8 Å². The molecule has 0 bridgehead atoms. The number of ether oxygens (including phenoxy) is 1. The van der Waals surface area contributed by atoms with Gasteiger partial charge in [-0.3, -0.25) is 9.59 Å². The van der Waals surface area contributed by atoms with E-state index < -0.39 is 6.10 Å². The fourth-order valence-electron chi connectivity index (χ4n) is 2.80. The highest BCUT2D eigenvalue weighted by atomic mass is 16.5. The molecule has 0 spiro atoms. The topological polar surface area (TPSA) is 75.6 Å². The first-order valence-electron chi connectivity index (χ1n) is 9.25. The molecule has 1 heterocycles. The van der Waals surface area contributed by atoms with Crippen LogP contribution in [0.2, 0.25) is 0 Å². The molecule has 0 saturated carbocycles. The van der Waals surface area contributed by atoms with Crippen LogP contribution in [-0.4, -0.2) is 36.7 Å². The third-order valence-electron chi connectivity index (χ3n) is 4.41. The fraction of sp³-hybridized carbons (Fsp3) is 0.700. The van der Waals surface area contributed by atoms with Crippen LogP contribution in [0.5, 0.6) is 0 Å². The predicted molar refractivity (Wildman–Crippen MR) is 97.5 cm³/mol. The molecule has 5 heteroatoms. The molecule has 0 aromatic heterocycles. The third-order valence-corrected chi connectivity index (χ3v) is 4.41. The molecule has 1 saturated heterocycles. The van der Waals surface area contributed by atoms with E-state index in [-0.39, 0.29) is 23.7 Å². The van der Waals surface area contributed by atoms with Crippen LogP contribution in [0.4, 0.5) is 0 Å². The zero-order chi connectivity index (χ0) is 18.5. The molecule has 1 aliphatic heterocycles. The highest BCUT2D eigenvalue weighted by Crippen LogP contribution is 2.23. The Morgan fingerprint density at radius 1 is 1.40 bits per heavy atom. The number of esters is 1. The Morgan fingerprint density at radius 2 is 2.20 bits per heavy atom. The van der Waals surface area contributed by atoms with Gasteiger partial charge in [-0.2, -0.15) is 0 Å². The van der Waals surface area contributed by atoms with Crippen molar-refractivity contribution in [3.05, 3.63) is 12.2 Å². The van der Waals surface area contributed by atoms with E-state index in [0.29, 0.717) is 32.2 Å². The van der Waals surface area contributed by atoms with Gasteiger partial charge in [0.15, 0.2) is 0 Å². The van der Waals surface area contributed by atoms with Gasteiger partial charge in [-0.15, -0.1) is 11.8 Å². The molecule has 0 aromatic rings. The Balaban J connectivity index is 2.38. The Labute approximate surface area is 151 Å². The van der Waals surface area contributed by atoms with Crippen LogP contribution in [0, 0.1) is 23.7 Å². The summed E-state index contributed by atoms with van der Waals surface area (Å²) in [6.07, 6.45) is 9.56. The van der Waals surface area contributed by atoms with Crippen LogP contribution in [0.15, 0.2) is 12.2 Å². The molecular weight excluding hydrogens is 318 g/mol. The molecular formula is C20H31NO4. The van der Waals surface area contributed by atoms with Crippen molar-refractivity contribution in [1.82, 2.24) is 5.32 Å². The number of hydrogen-bond acceptors (Lipinski definition) is 4. The highest BCUT2D eigenvalue weighted by Gasteiger charge is 2.32. The molecule has 0 aromatic carbocycles. The van der Waals surface area contributed by atoms with Crippen molar-refractivity contribution >= 4 is 11.9 Å². The van der Waals surface area contributed by atoms with Crippen LogP contribution in [0.25, 0.3) is 0 Å². The summed E-state index contributed by atoms with van der Waals surface area (Å²) >= 11 is 0. The Hall–Kier alpha value is -1.80. The zero-order valence-electron chi connectivity index (χ0n) is 15.4. The van der Waals surface area contributed by atoms with Gasteiger partial charge in [-0.1, -0.05) is 38.3 Å². The third kappa shape index (κ3) is 8.74. The molecule has 5 nitrogen and oxygen atoms in total. The number of aliphatic hydroxyl groups is 1. The van der Waals surface area contributed by atoms with Crippen molar-refractivity contribution in [2.45, 2.75) is 64.4 Å². The predicted octanol–water partition coefficient (Wildman–Crippen LogP) is 2.58. The number of amides is 1. The smallest absolute Gasteiger partial charge is 0.305 e. The van der Waals surface area contributed by atoms with Crippen LogP contribution in [-0.2, 0) is 14.3 Å². The number of carbonyl (C=O) groups excluding carboxylic acids is 2. The number of methoxy groups -OCH3 is 1. The van der Waals surface area contributed by atoms with Gasteiger partial charge in [0.1, 0.15) is 0 Å². The van der Waals surface area contributed by atoms with Crippen molar-refractivity contribution in [2.24, 2.45) is 11.8 Å². The number of nitrogens with one attached hydrogen (secondary N) is 1. The first-order chi connectivity index (χ1) is 12.1. The Bertz CT molecular complexity index is 504. The minimum atomic E-state index is -0.438. The van der Waals surface area contributed by atoms with E-state index >= 15 is 0 Å².